The average Bonchev–Trinajstić information content (AvgIpc) is 2.41. The Morgan fingerprint density at radius 3 is 2.45 bits per heavy atom. The lowest BCUT2D eigenvalue weighted by molar-refractivity contribution is -0.144. The van der Waals surface area contributed by atoms with Gasteiger partial charge in [0.25, 0.3) is 0 Å². The van der Waals surface area contributed by atoms with Crippen LogP contribution in [-0.4, -0.2) is 51.0 Å². The summed E-state index contributed by atoms with van der Waals surface area (Å²) in [6.07, 6.45) is -0.414. The van der Waals surface area contributed by atoms with E-state index in [0.717, 1.165) is 0 Å². The first-order valence-corrected chi connectivity index (χ1v) is 6.24. The van der Waals surface area contributed by atoms with Gasteiger partial charge in [0.2, 0.25) is 11.7 Å². The van der Waals surface area contributed by atoms with Crippen LogP contribution in [-0.2, 0) is 14.4 Å². The van der Waals surface area contributed by atoms with Crippen molar-refractivity contribution >= 4 is 23.9 Å². The van der Waals surface area contributed by atoms with Crippen LogP contribution in [0.15, 0.2) is 0 Å². The van der Waals surface area contributed by atoms with E-state index in [0.29, 0.717) is 12.6 Å². The second kappa shape index (κ2) is 8.95. The van der Waals surface area contributed by atoms with E-state index in [-0.39, 0.29) is 18.8 Å². The van der Waals surface area contributed by atoms with Gasteiger partial charge in [-0.05, 0) is 12.3 Å². The highest BCUT2D eigenvalue weighted by atomic mass is 16.4. The summed E-state index contributed by atoms with van der Waals surface area (Å²) in [7, 11) is 0. The van der Waals surface area contributed by atoms with Gasteiger partial charge in [0, 0.05) is 6.42 Å². The number of Topliss-reactive ketones (excluding diaryl/α,β-unsaturated/α-hetero) is 1. The standard InChI is InChI=1S/C12H19N3O5/c1-3-7(2)10(17)11(18)15-9(12(19)20)5-4-8(16)6-14-13/h6-7,9-10,17H,3-5H2,1-2H3,(H,15,18)(H,19,20)/t7-,9+,10+/m1/s1. The van der Waals surface area contributed by atoms with Crippen LogP contribution >= 0.6 is 0 Å². The van der Waals surface area contributed by atoms with Crippen LogP contribution in [0.25, 0.3) is 5.53 Å². The van der Waals surface area contributed by atoms with Gasteiger partial charge in [0.15, 0.2) is 0 Å². The van der Waals surface area contributed by atoms with Crippen LogP contribution in [0, 0.1) is 5.92 Å². The number of amides is 1. The Morgan fingerprint density at radius 1 is 1.40 bits per heavy atom. The van der Waals surface area contributed by atoms with E-state index in [4.69, 9.17) is 10.6 Å². The van der Waals surface area contributed by atoms with Crippen LogP contribution < -0.4 is 5.32 Å². The van der Waals surface area contributed by atoms with Gasteiger partial charge in [0.05, 0.1) is 0 Å². The first-order valence-electron chi connectivity index (χ1n) is 6.24. The van der Waals surface area contributed by atoms with Crippen LogP contribution in [0.2, 0.25) is 0 Å². The fourth-order valence-corrected chi connectivity index (χ4v) is 1.41. The van der Waals surface area contributed by atoms with Crippen molar-refractivity contribution in [1.29, 1.82) is 0 Å². The fourth-order valence-electron chi connectivity index (χ4n) is 1.41. The van der Waals surface area contributed by atoms with Gasteiger partial charge in [-0.15, -0.1) is 0 Å². The topological polar surface area (TPSA) is 140 Å². The van der Waals surface area contributed by atoms with E-state index in [9.17, 15) is 19.5 Å². The number of hydrogen-bond donors (Lipinski definition) is 3. The summed E-state index contributed by atoms with van der Waals surface area (Å²) < 4.78 is 0. The Morgan fingerprint density at radius 2 is 2.00 bits per heavy atom. The molecule has 0 heterocycles. The summed E-state index contributed by atoms with van der Waals surface area (Å²) in [6, 6.07) is -1.28. The average molecular weight is 285 g/mol. The Hall–Kier alpha value is -2.05. The molecule has 1 amide bonds. The Bertz CT molecular complexity index is 417. The molecule has 0 aliphatic carbocycles. The predicted octanol–water partition coefficient (Wildman–Crippen LogP) is -0.387. The summed E-state index contributed by atoms with van der Waals surface area (Å²) >= 11 is 0. The minimum atomic E-state index is -1.30. The van der Waals surface area contributed by atoms with Crippen molar-refractivity contribution in [3.8, 4) is 0 Å². The van der Waals surface area contributed by atoms with Crippen molar-refractivity contribution < 1.29 is 29.4 Å². The van der Waals surface area contributed by atoms with Crippen molar-refractivity contribution in [2.24, 2.45) is 5.92 Å². The normalized spacial score (nSPS) is 14.6. The molecule has 8 heteroatoms. The van der Waals surface area contributed by atoms with E-state index >= 15 is 0 Å². The molecule has 0 aromatic rings. The lowest BCUT2D eigenvalue weighted by atomic mass is 10.0. The Kier molecular flexibility index (Phi) is 8.03. The molecule has 0 aromatic heterocycles. The van der Waals surface area contributed by atoms with Crippen molar-refractivity contribution in [1.82, 2.24) is 5.32 Å². The molecule has 3 N–H and O–H groups in total. The summed E-state index contributed by atoms with van der Waals surface area (Å²) in [5.74, 6) is -2.94. The van der Waals surface area contributed by atoms with Gasteiger partial charge in [-0.25, -0.2) is 4.79 Å². The van der Waals surface area contributed by atoms with E-state index in [1.807, 2.05) is 0 Å². The summed E-state index contributed by atoms with van der Waals surface area (Å²) in [6.45, 7) is 3.46. The molecule has 0 aliphatic rings. The van der Waals surface area contributed by atoms with Gasteiger partial charge in [-0.1, -0.05) is 20.3 Å². The highest BCUT2D eigenvalue weighted by molar-refractivity contribution is 6.25. The lowest BCUT2D eigenvalue weighted by Gasteiger charge is -2.20. The van der Waals surface area contributed by atoms with E-state index in [1.54, 1.807) is 13.8 Å². The molecule has 20 heavy (non-hydrogen) atoms. The highest BCUT2D eigenvalue weighted by Crippen LogP contribution is 2.08. The Balaban J connectivity index is 4.55. The number of rotatable bonds is 9. The minimum absolute atomic E-state index is 0.154. The molecule has 3 atom stereocenters. The number of carbonyl (C=O) groups excluding carboxylic acids is 2. The van der Waals surface area contributed by atoms with E-state index in [1.165, 1.54) is 0 Å². The summed E-state index contributed by atoms with van der Waals surface area (Å²) in [5.41, 5.74) is 8.15. The first kappa shape index (κ1) is 17.9. The van der Waals surface area contributed by atoms with Crippen molar-refractivity contribution in [2.45, 2.75) is 45.3 Å². The maximum absolute atomic E-state index is 11.7. The number of ketones is 1. The third-order valence-corrected chi connectivity index (χ3v) is 2.95. The summed E-state index contributed by atoms with van der Waals surface area (Å²) in [5, 5.41) is 20.8. The molecule has 0 fully saturated rings. The van der Waals surface area contributed by atoms with E-state index < -0.39 is 29.8 Å². The number of aliphatic hydroxyl groups excluding tert-OH is 1. The van der Waals surface area contributed by atoms with Gasteiger partial charge >= 0.3 is 12.2 Å². The number of carboxylic acid groups (broad SMARTS) is 1. The highest BCUT2D eigenvalue weighted by Gasteiger charge is 2.27. The zero-order chi connectivity index (χ0) is 15.7. The van der Waals surface area contributed by atoms with Gasteiger partial charge < -0.3 is 21.1 Å². The van der Waals surface area contributed by atoms with Crippen molar-refractivity contribution in [2.75, 3.05) is 0 Å². The molecule has 0 radical (unpaired) electrons. The SMILES string of the molecule is CC[C@@H](C)[C@H](O)C(=O)N[C@@H](CCC(=O)C=[N+]=[N-])C(=O)O. The molecular formula is C12H19N3O5. The molecule has 0 spiro atoms. The van der Waals surface area contributed by atoms with Crippen LogP contribution in [0.1, 0.15) is 33.1 Å². The monoisotopic (exact) mass is 285 g/mol. The summed E-state index contributed by atoms with van der Waals surface area (Å²) in [4.78, 5) is 36.2. The molecule has 0 aliphatic heterocycles. The van der Waals surface area contributed by atoms with Crippen LogP contribution in [0.4, 0.5) is 0 Å². The molecule has 112 valence electrons. The third kappa shape index (κ3) is 6.21. The molecule has 0 saturated carbocycles. The largest absolute Gasteiger partial charge is 0.480 e. The van der Waals surface area contributed by atoms with Crippen molar-refractivity contribution in [3.63, 3.8) is 0 Å². The van der Waals surface area contributed by atoms with Crippen LogP contribution in [0.5, 0.6) is 0 Å². The van der Waals surface area contributed by atoms with Gasteiger partial charge in [0.1, 0.15) is 12.1 Å². The number of aliphatic carboxylic acids is 1. The number of nitrogens with zero attached hydrogens (tertiary/aromatic N) is 2. The predicted molar refractivity (Wildman–Crippen MR) is 69.0 cm³/mol. The molecular weight excluding hydrogens is 266 g/mol. The van der Waals surface area contributed by atoms with E-state index in [2.05, 4.69) is 10.1 Å². The number of carboxylic acids is 1. The molecule has 0 aromatic carbocycles. The number of nitrogens with one attached hydrogen (secondary N) is 1. The number of carbonyl (C=O) groups is 3. The molecule has 8 nitrogen and oxygen atoms in total. The Labute approximate surface area is 116 Å². The molecule has 0 bridgehead atoms. The first-order chi connectivity index (χ1) is 9.33. The second-order valence-corrected chi connectivity index (χ2v) is 4.48. The maximum atomic E-state index is 11.7. The second-order valence-electron chi connectivity index (χ2n) is 4.48. The van der Waals surface area contributed by atoms with Gasteiger partial charge in [-0.2, -0.15) is 4.79 Å². The maximum Gasteiger partial charge on any atom is 0.326 e. The molecule has 0 unspecified atom stereocenters. The lowest BCUT2D eigenvalue weighted by Crippen LogP contribution is -2.47. The molecule has 0 saturated heterocycles. The van der Waals surface area contributed by atoms with Crippen molar-refractivity contribution in [3.05, 3.63) is 5.53 Å². The fraction of sp³-hybridized carbons (Fsp3) is 0.667. The number of hydrogen-bond acceptors (Lipinski definition) is 4. The van der Waals surface area contributed by atoms with Gasteiger partial charge in [-0.3, -0.25) is 9.59 Å². The zero-order valence-electron chi connectivity index (χ0n) is 11.4. The zero-order valence-corrected chi connectivity index (χ0v) is 11.4. The van der Waals surface area contributed by atoms with Crippen LogP contribution in [0.3, 0.4) is 0 Å². The third-order valence-electron chi connectivity index (χ3n) is 2.95. The quantitative estimate of drug-likeness (QED) is 0.301. The smallest absolute Gasteiger partial charge is 0.326 e. The number of aliphatic hydroxyl groups is 1. The molecule has 0 rings (SSSR count). The minimum Gasteiger partial charge on any atom is -0.480 e.